The molecule has 1 heterocycles. The molecule has 8 heteroatoms. The summed E-state index contributed by atoms with van der Waals surface area (Å²) in [6, 6.07) is 1.50. The average molecular weight is 317 g/mol. The summed E-state index contributed by atoms with van der Waals surface area (Å²) in [4.78, 5) is 12.7. The lowest BCUT2D eigenvalue weighted by Gasteiger charge is -2.18. The molecular formula is C12H19N3O3S2. The third kappa shape index (κ3) is 3.20. The van der Waals surface area contributed by atoms with Crippen LogP contribution in [0.25, 0.3) is 0 Å². The second-order valence-corrected chi connectivity index (χ2v) is 7.66. The second-order valence-electron chi connectivity index (χ2n) is 4.86. The molecule has 1 amide bonds. The van der Waals surface area contributed by atoms with E-state index in [2.05, 4.69) is 10.0 Å². The van der Waals surface area contributed by atoms with Gasteiger partial charge in [-0.1, -0.05) is 6.42 Å². The van der Waals surface area contributed by atoms with E-state index in [4.69, 9.17) is 5.73 Å². The zero-order chi connectivity index (χ0) is 14.8. The lowest BCUT2D eigenvalue weighted by atomic mass is 10.0. The van der Waals surface area contributed by atoms with Crippen LogP contribution in [0.2, 0.25) is 0 Å². The highest BCUT2D eigenvalue weighted by atomic mass is 32.2. The van der Waals surface area contributed by atoms with Crippen LogP contribution in [0.15, 0.2) is 16.3 Å². The van der Waals surface area contributed by atoms with Crippen LogP contribution in [0.3, 0.4) is 0 Å². The van der Waals surface area contributed by atoms with Crippen molar-refractivity contribution in [2.75, 3.05) is 13.6 Å². The monoisotopic (exact) mass is 317 g/mol. The molecule has 1 saturated carbocycles. The number of sulfonamides is 1. The van der Waals surface area contributed by atoms with Crippen LogP contribution < -0.4 is 15.8 Å². The summed E-state index contributed by atoms with van der Waals surface area (Å²) in [6.07, 6.45) is 3.03. The maximum absolute atomic E-state index is 12.1. The van der Waals surface area contributed by atoms with Crippen molar-refractivity contribution >= 4 is 27.3 Å². The summed E-state index contributed by atoms with van der Waals surface area (Å²) in [6.45, 7) is 0.564. The van der Waals surface area contributed by atoms with Gasteiger partial charge in [-0.3, -0.25) is 4.79 Å². The van der Waals surface area contributed by atoms with Gasteiger partial charge in [0, 0.05) is 11.4 Å². The topological polar surface area (TPSA) is 101 Å². The summed E-state index contributed by atoms with van der Waals surface area (Å²) < 4.78 is 25.5. The quantitative estimate of drug-likeness (QED) is 0.736. The van der Waals surface area contributed by atoms with Crippen LogP contribution in [0.5, 0.6) is 0 Å². The molecule has 0 saturated heterocycles. The third-order valence-electron chi connectivity index (χ3n) is 3.66. The minimum absolute atomic E-state index is 0.0963. The predicted octanol–water partition coefficient (Wildman–Crippen LogP) is 0.513. The van der Waals surface area contributed by atoms with Crippen LogP contribution in [0.4, 0.5) is 0 Å². The molecule has 2 atom stereocenters. The van der Waals surface area contributed by atoms with E-state index in [1.54, 1.807) is 0 Å². The molecule has 0 radical (unpaired) electrons. The summed E-state index contributed by atoms with van der Waals surface area (Å²) in [5, 5.41) is 4.42. The van der Waals surface area contributed by atoms with E-state index in [1.165, 1.54) is 18.5 Å². The lowest BCUT2D eigenvalue weighted by Crippen LogP contribution is -2.39. The van der Waals surface area contributed by atoms with Gasteiger partial charge in [0.2, 0.25) is 10.0 Å². The Morgan fingerprint density at radius 3 is 2.90 bits per heavy atom. The van der Waals surface area contributed by atoms with Gasteiger partial charge < -0.3 is 11.1 Å². The number of rotatable bonds is 5. The molecular weight excluding hydrogens is 298 g/mol. The minimum Gasteiger partial charge on any atom is -0.348 e. The molecule has 0 spiro atoms. The maximum atomic E-state index is 12.1. The number of nitrogens with two attached hydrogens (primary N) is 1. The van der Waals surface area contributed by atoms with E-state index in [-0.39, 0.29) is 16.8 Å². The molecule has 1 aliphatic carbocycles. The van der Waals surface area contributed by atoms with Crippen molar-refractivity contribution in [3.8, 4) is 0 Å². The molecule has 2 rings (SSSR count). The van der Waals surface area contributed by atoms with E-state index in [1.807, 2.05) is 0 Å². The molecule has 1 aromatic rings. The lowest BCUT2D eigenvalue weighted by molar-refractivity contribution is 0.0933. The van der Waals surface area contributed by atoms with Crippen LogP contribution in [-0.4, -0.2) is 34.0 Å². The normalized spacial score (nSPS) is 22.9. The highest BCUT2D eigenvalue weighted by Gasteiger charge is 2.28. The molecule has 0 aromatic carbocycles. The van der Waals surface area contributed by atoms with E-state index in [0.29, 0.717) is 17.3 Å². The predicted molar refractivity (Wildman–Crippen MR) is 78.2 cm³/mol. The summed E-state index contributed by atoms with van der Waals surface area (Å²) in [5.41, 5.74) is 5.68. The van der Waals surface area contributed by atoms with Crippen molar-refractivity contribution < 1.29 is 13.2 Å². The van der Waals surface area contributed by atoms with Crippen molar-refractivity contribution in [1.82, 2.24) is 10.0 Å². The Morgan fingerprint density at radius 1 is 1.50 bits per heavy atom. The fraction of sp³-hybridized carbons (Fsp3) is 0.583. The van der Waals surface area contributed by atoms with Gasteiger partial charge in [-0.05, 0) is 38.4 Å². The molecule has 2 unspecified atom stereocenters. The van der Waals surface area contributed by atoms with E-state index in [0.717, 1.165) is 30.6 Å². The Labute approximate surface area is 122 Å². The van der Waals surface area contributed by atoms with Gasteiger partial charge in [0.1, 0.15) is 0 Å². The first-order chi connectivity index (χ1) is 9.47. The fourth-order valence-corrected chi connectivity index (χ4v) is 4.35. The van der Waals surface area contributed by atoms with Gasteiger partial charge in [0.25, 0.3) is 5.91 Å². The minimum atomic E-state index is -3.49. The molecule has 20 heavy (non-hydrogen) atoms. The standard InChI is InChI=1S/C12H19N3O3S2/c1-14-20(17,18)9-5-11(19-7-9)12(16)15-10-4-2-3-8(10)6-13/h5,7-8,10,14H,2-4,6,13H2,1H3,(H,15,16). The maximum Gasteiger partial charge on any atom is 0.261 e. The highest BCUT2D eigenvalue weighted by molar-refractivity contribution is 7.89. The van der Waals surface area contributed by atoms with E-state index in [9.17, 15) is 13.2 Å². The Hall–Kier alpha value is -0.960. The molecule has 6 nitrogen and oxygen atoms in total. The highest BCUT2D eigenvalue weighted by Crippen LogP contribution is 2.26. The van der Waals surface area contributed by atoms with E-state index >= 15 is 0 Å². The summed E-state index contributed by atoms with van der Waals surface area (Å²) in [7, 11) is -2.15. The van der Waals surface area contributed by atoms with Gasteiger partial charge in [0.05, 0.1) is 9.77 Å². The van der Waals surface area contributed by atoms with Gasteiger partial charge in [-0.2, -0.15) is 0 Å². The third-order valence-corrected chi connectivity index (χ3v) is 6.13. The molecule has 1 fully saturated rings. The fourth-order valence-electron chi connectivity index (χ4n) is 2.45. The molecule has 4 N–H and O–H groups in total. The van der Waals surface area contributed by atoms with Crippen molar-refractivity contribution in [1.29, 1.82) is 0 Å². The zero-order valence-electron chi connectivity index (χ0n) is 11.3. The van der Waals surface area contributed by atoms with Gasteiger partial charge >= 0.3 is 0 Å². The SMILES string of the molecule is CNS(=O)(=O)c1csc(C(=O)NC2CCCC2CN)c1. The van der Waals surface area contributed by atoms with Gasteiger partial charge in [0.15, 0.2) is 0 Å². The van der Waals surface area contributed by atoms with Crippen LogP contribution in [-0.2, 0) is 10.0 Å². The average Bonchev–Trinajstić information content (AvgIpc) is 3.07. The number of thiophene rings is 1. The largest absolute Gasteiger partial charge is 0.348 e. The Bertz CT molecular complexity index is 583. The molecule has 0 bridgehead atoms. The summed E-state index contributed by atoms with van der Waals surface area (Å²) >= 11 is 1.13. The second kappa shape index (κ2) is 6.21. The Balaban J connectivity index is 2.07. The van der Waals surface area contributed by atoms with Crippen molar-refractivity contribution in [2.45, 2.75) is 30.2 Å². The molecule has 112 valence electrons. The first kappa shape index (κ1) is 15.4. The number of hydrogen-bond donors (Lipinski definition) is 3. The van der Waals surface area contributed by atoms with Crippen molar-refractivity contribution in [3.05, 3.63) is 16.3 Å². The molecule has 1 aromatic heterocycles. The van der Waals surface area contributed by atoms with Gasteiger partial charge in [-0.25, -0.2) is 13.1 Å². The Morgan fingerprint density at radius 2 is 2.25 bits per heavy atom. The van der Waals surface area contributed by atoms with Gasteiger partial charge in [-0.15, -0.1) is 11.3 Å². The smallest absolute Gasteiger partial charge is 0.261 e. The zero-order valence-corrected chi connectivity index (χ0v) is 12.9. The number of hydrogen-bond acceptors (Lipinski definition) is 5. The first-order valence-electron chi connectivity index (χ1n) is 6.51. The number of carbonyl (C=O) groups excluding carboxylic acids is 1. The van der Waals surface area contributed by atoms with Crippen LogP contribution >= 0.6 is 11.3 Å². The van der Waals surface area contributed by atoms with Crippen molar-refractivity contribution in [2.24, 2.45) is 11.7 Å². The Kier molecular flexibility index (Phi) is 4.79. The molecule has 1 aliphatic rings. The number of amides is 1. The van der Waals surface area contributed by atoms with Crippen LogP contribution in [0.1, 0.15) is 28.9 Å². The molecule has 0 aliphatic heterocycles. The van der Waals surface area contributed by atoms with Crippen LogP contribution in [0, 0.1) is 5.92 Å². The van der Waals surface area contributed by atoms with E-state index < -0.39 is 10.0 Å². The number of nitrogens with one attached hydrogen (secondary N) is 2. The number of carbonyl (C=O) groups is 1. The summed E-state index contributed by atoms with van der Waals surface area (Å²) in [5.74, 6) is 0.0947. The van der Waals surface area contributed by atoms with Crippen molar-refractivity contribution in [3.63, 3.8) is 0 Å². The first-order valence-corrected chi connectivity index (χ1v) is 8.87.